The smallest absolute Gasteiger partial charge is 0.191 e. The van der Waals surface area contributed by atoms with Gasteiger partial charge < -0.3 is 10.6 Å². The van der Waals surface area contributed by atoms with Crippen LogP contribution in [0.5, 0.6) is 0 Å². The van der Waals surface area contributed by atoms with Gasteiger partial charge in [-0.25, -0.2) is 8.42 Å². The van der Waals surface area contributed by atoms with Gasteiger partial charge in [-0.2, -0.15) is 0 Å². The van der Waals surface area contributed by atoms with E-state index in [1.807, 2.05) is 32.9 Å². The van der Waals surface area contributed by atoms with Crippen LogP contribution in [-0.2, 0) is 9.84 Å². The van der Waals surface area contributed by atoms with E-state index in [1.165, 1.54) is 0 Å². The van der Waals surface area contributed by atoms with Crippen molar-refractivity contribution in [1.29, 1.82) is 0 Å². The average Bonchev–Trinajstić information content (AvgIpc) is 2.74. The van der Waals surface area contributed by atoms with E-state index in [2.05, 4.69) is 15.6 Å². The molecule has 0 radical (unpaired) electrons. The molecule has 2 rings (SSSR count). The Bertz CT molecular complexity index is 593. The van der Waals surface area contributed by atoms with Crippen LogP contribution in [0.1, 0.15) is 19.4 Å². The molecule has 1 aliphatic rings. The molecule has 0 bridgehead atoms. The molecule has 0 fully saturated rings. The number of hydrogen-bond donors (Lipinski definition) is 2. The van der Waals surface area contributed by atoms with E-state index >= 15 is 0 Å². The van der Waals surface area contributed by atoms with Crippen LogP contribution < -0.4 is 10.6 Å². The molecule has 20 heavy (non-hydrogen) atoms. The highest BCUT2D eigenvalue weighted by Gasteiger charge is 2.21. The number of nitrogens with zero attached hydrogens (tertiary/aromatic N) is 1. The topological polar surface area (TPSA) is 70.6 Å². The zero-order chi connectivity index (χ0) is 14.8. The van der Waals surface area contributed by atoms with Crippen molar-refractivity contribution in [1.82, 2.24) is 10.6 Å². The lowest BCUT2D eigenvalue weighted by molar-refractivity contribution is 0.584. The first-order chi connectivity index (χ1) is 9.37. The Morgan fingerprint density at radius 2 is 2.05 bits per heavy atom. The largest absolute Gasteiger partial charge is 0.353 e. The Morgan fingerprint density at radius 1 is 1.40 bits per heavy atom. The van der Waals surface area contributed by atoms with Crippen molar-refractivity contribution in [3.63, 3.8) is 0 Å². The number of nitrogens with one attached hydrogen (secondary N) is 2. The molecule has 110 valence electrons. The minimum atomic E-state index is -3.28. The Hall–Kier alpha value is -1.56. The first kappa shape index (κ1) is 14.8. The van der Waals surface area contributed by atoms with E-state index in [-0.39, 0.29) is 11.8 Å². The highest BCUT2D eigenvalue weighted by Crippen LogP contribution is 2.13. The lowest BCUT2D eigenvalue weighted by atomic mass is 10.2. The van der Waals surface area contributed by atoms with Crippen LogP contribution in [0.25, 0.3) is 0 Å². The van der Waals surface area contributed by atoms with Gasteiger partial charge in [-0.3, -0.25) is 4.99 Å². The van der Waals surface area contributed by atoms with E-state index in [9.17, 15) is 8.42 Å². The summed E-state index contributed by atoms with van der Waals surface area (Å²) < 4.78 is 24.6. The first-order valence-corrected chi connectivity index (χ1v) is 8.39. The summed E-state index contributed by atoms with van der Waals surface area (Å²) in [6.45, 7) is 6.54. The second-order valence-electron chi connectivity index (χ2n) is 5.37. The van der Waals surface area contributed by atoms with Crippen LogP contribution in [0.4, 0.5) is 0 Å². The van der Waals surface area contributed by atoms with Gasteiger partial charge in [-0.1, -0.05) is 17.7 Å². The second kappa shape index (κ2) is 5.83. The minimum Gasteiger partial charge on any atom is -0.353 e. The third kappa shape index (κ3) is 3.72. The molecule has 0 aliphatic carbocycles. The molecule has 6 heteroatoms. The molecule has 2 unspecified atom stereocenters. The first-order valence-electron chi connectivity index (χ1n) is 6.74. The van der Waals surface area contributed by atoms with Gasteiger partial charge in [-0.15, -0.1) is 0 Å². The summed E-state index contributed by atoms with van der Waals surface area (Å²) in [5, 5.41) is 6.27. The van der Waals surface area contributed by atoms with Crippen molar-refractivity contribution in [2.75, 3.05) is 12.3 Å². The number of benzene rings is 1. The molecule has 0 saturated heterocycles. The number of rotatable bonds is 4. The average molecular weight is 295 g/mol. The quantitative estimate of drug-likeness (QED) is 0.872. The van der Waals surface area contributed by atoms with Gasteiger partial charge in [-0.05, 0) is 32.9 Å². The van der Waals surface area contributed by atoms with E-state index in [0.29, 0.717) is 16.9 Å². The van der Waals surface area contributed by atoms with Gasteiger partial charge in [0, 0.05) is 12.1 Å². The summed E-state index contributed by atoms with van der Waals surface area (Å²) in [6.07, 6.45) is 0. The molecular formula is C14H21N3O2S. The Labute approximate surface area is 120 Å². The molecule has 0 saturated carbocycles. The number of hydrogen-bond acceptors (Lipinski definition) is 5. The molecular weight excluding hydrogens is 274 g/mol. The molecule has 5 nitrogen and oxygen atoms in total. The molecule has 2 atom stereocenters. The van der Waals surface area contributed by atoms with E-state index in [1.54, 1.807) is 12.1 Å². The van der Waals surface area contributed by atoms with Gasteiger partial charge in [0.2, 0.25) is 0 Å². The predicted octanol–water partition coefficient (Wildman–Crippen LogP) is 1.09. The van der Waals surface area contributed by atoms with Gasteiger partial charge in [0.15, 0.2) is 15.8 Å². The minimum absolute atomic E-state index is 0.0468. The fourth-order valence-corrected chi connectivity index (χ4v) is 3.57. The van der Waals surface area contributed by atoms with Gasteiger partial charge in [0.1, 0.15) is 0 Å². The van der Waals surface area contributed by atoms with Crippen LogP contribution in [0.15, 0.2) is 34.2 Å². The van der Waals surface area contributed by atoms with Crippen LogP contribution in [0, 0.1) is 6.92 Å². The van der Waals surface area contributed by atoms with E-state index in [0.717, 1.165) is 12.1 Å². The Kier molecular flexibility index (Phi) is 4.32. The van der Waals surface area contributed by atoms with Crippen molar-refractivity contribution >= 4 is 15.8 Å². The zero-order valence-electron chi connectivity index (χ0n) is 12.1. The van der Waals surface area contributed by atoms with E-state index < -0.39 is 9.84 Å². The summed E-state index contributed by atoms with van der Waals surface area (Å²) in [4.78, 5) is 4.64. The number of sulfone groups is 1. The van der Waals surface area contributed by atoms with Crippen molar-refractivity contribution in [3.05, 3.63) is 29.8 Å². The Morgan fingerprint density at radius 3 is 2.60 bits per heavy atom. The summed E-state index contributed by atoms with van der Waals surface area (Å²) in [5.41, 5.74) is 1.05. The van der Waals surface area contributed by atoms with Crippen molar-refractivity contribution in [2.45, 2.75) is 37.8 Å². The lowest BCUT2D eigenvalue weighted by Crippen LogP contribution is -2.44. The molecule has 0 aromatic heterocycles. The maximum absolute atomic E-state index is 12.3. The van der Waals surface area contributed by atoms with Gasteiger partial charge >= 0.3 is 0 Å². The summed E-state index contributed by atoms with van der Waals surface area (Å²) in [6, 6.07) is 7.05. The lowest BCUT2D eigenvalue weighted by Gasteiger charge is -2.16. The van der Waals surface area contributed by atoms with Crippen LogP contribution in [0.3, 0.4) is 0 Å². The fourth-order valence-electron chi connectivity index (χ4n) is 2.09. The van der Waals surface area contributed by atoms with Crippen LogP contribution in [0.2, 0.25) is 0 Å². The molecule has 1 aliphatic heterocycles. The predicted molar refractivity (Wildman–Crippen MR) is 80.7 cm³/mol. The molecule has 1 aromatic rings. The molecule has 2 N–H and O–H groups in total. The van der Waals surface area contributed by atoms with Crippen LogP contribution >= 0.6 is 0 Å². The highest BCUT2D eigenvalue weighted by atomic mass is 32.2. The molecule has 1 heterocycles. The third-order valence-electron chi connectivity index (χ3n) is 3.14. The monoisotopic (exact) mass is 295 g/mol. The fraction of sp³-hybridized carbons (Fsp3) is 0.500. The van der Waals surface area contributed by atoms with Crippen molar-refractivity contribution < 1.29 is 8.42 Å². The maximum atomic E-state index is 12.3. The summed E-state index contributed by atoms with van der Waals surface area (Å²) in [7, 11) is -3.28. The summed E-state index contributed by atoms with van der Waals surface area (Å²) in [5.74, 6) is 0.731. The Balaban J connectivity index is 1.99. The summed E-state index contributed by atoms with van der Waals surface area (Å²) >= 11 is 0. The van der Waals surface area contributed by atoms with Crippen molar-refractivity contribution in [3.8, 4) is 0 Å². The molecule has 0 amide bonds. The normalized spacial score (nSPS) is 20.1. The number of aryl methyl sites for hydroxylation is 1. The standard InChI is InChI=1S/C14H21N3O2S/c1-10-4-6-13(7-5-10)20(18,19)9-12(3)17-14-15-8-11(2)16-14/h4-7,11-12H,8-9H2,1-3H3,(H2,15,16,17). The van der Waals surface area contributed by atoms with Crippen LogP contribution in [-0.4, -0.2) is 38.8 Å². The number of aliphatic imine (C=N–C) groups is 1. The number of guanidine groups is 1. The van der Waals surface area contributed by atoms with E-state index in [4.69, 9.17) is 0 Å². The highest BCUT2D eigenvalue weighted by molar-refractivity contribution is 7.91. The maximum Gasteiger partial charge on any atom is 0.191 e. The van der Waals surface area contributed by atoms with Crippen molar-refractivity contribution in [2.24, 2.45) is 4.99 Å². The zero-order valence-corrected chi connectivity index (χ0v) is 12.9. The van der Waals surface area contributed by atoms with Gasteiger partial charge in [0.05, 0.1) is 17.2 Å². The second-order valence-corrected chi connectivity index (χ2v) is 7.41. The molecule has 0 spiro atoms. The molecule has 1 aromatic carbocycles. The van der Waals surface area contributed by atoms with Gasteiger partial charge in [0.25, 0.3) is 0 Å². The third-order valence-corrected chi connectivity index (χ3v) is 5.07. The SMILES string of the molecule is Cc1ccc(S(=O)(=O)CC(C)NC2=NCC(C)N2)cc1.